The van der Waals surface area contributed by atoms with Crippen LogP contribution in [0.25, 0.3) is 0 Å². The zero-order valence-electron chi connectivity index (χ0n) is 9.22. The Balaban J connectivity index is 2.75. The largest absolute Gasteiger partial charge is 0.466 e. The van der Waals surface area contributed by atoms with Crippen LogP contribution in [-0.4, -0.2) is 6.04 Å². The highest BCUT2D eigenvalue weighted by Gasteiger charge is 2.13. The Morgan fingerprint density at radius 1 is 1.43 bits per heavy atom. The van der Waals surface area contributed by atoms with Gasteiger partial charge in [0.25, 0.3) is 0 Å². The molecule has 2 heteroatoms. The molecule has 0 amide bonds. The molecule has 1 aromatic rings. The molecular weight excluding hydrogens is 174 g/mol. The summed E-state index contributed by atoms with van der Waals surface area (Å²) in [6, 6.07) is 2.37. The van der Waals surface area contributed by atoms with Gasteiger partial charge in [0, 0.05) is 11.6 Å². The summed E-state index contributed by atoms with van der Waals surface area (Å²) in [5, 5.41) is 3.30. The summed E-state index contributed by atoms with van der Waals surface area (Å²) in [7, 11) is 0. The van der Waals surface area contributed by atoms with Crippen LogP contribution in [0, 0.1) is 26.2 Å². The number of hydrogen-bond donors (Lipinski definition) is 1. The Hall–Kier alpha value is -1.20. The third kappa shape index (κ3) is 2.40. The van der Waals surface area contributed by atoms with E-state index in [0.29, 0.717) is 0 Å². The molecule has 76 valence electrons. The van der Waals surface area contributed by atoms with Crippen LogP contribution in [0.3, 0.4) is 0 Å². The second kappa shape index (κ2) is 4.34. The zero-order chi connectivity index (χ0) is 10.7. The first-order valence-electron chi connectivity index (χ1n) is 4.83. The van der Waals surface area contributed by atoms with Crippen molar-refractivity contribution in [1.82, 2.24) is 5.32 Å². The normalized spacial score (nSPS) is 14.8. The Labute approximate surface area is 85.7 Å². The van der Waals surface area contributed by atoms with Gasteiger partial charge in [-0.15, -0.1) is 6.42 Å². The average molecular weight is 191 g/mol. The van der Waals surface area contributed by atoms with E-state index in [4.69, 9.17) is 10.8 Å². The summed E-state index contributed by atoms with van der Waals surface area (Å²) in [5.41, 5.74) is 1.18. The summed E-state index contributed by atoms with van der Waals surface area (Å²) in [4.78, 5) is 0. The molecule has 0 aliphatic heterocycles. The van der Waals surface area contributed by atoms with Crippen molar-refractivity contribution in [3.63, 3.8) is 0 Å². The summed E-state index contributed by atoms with van der Waals surface area (Å²) in [6.45, 7) is 7.98. The standard InChI is InChI=1S/C12H17NO/c1-6-8(2)13-10(4)12-7-9(3)14-11(12)5/h1,7-8,10,13H,2-5H3. The maximum atomic E-state index is 5.46. The molecule has 0 radical (unpaired) electrons. The van der Waals surface area contributed by atoms with E-state index >= 15 is 0 Å². The second-order valence-electron chi connectivity index (χ2n) is 3.65. The van der Waals surface area contributed by atoms with Crippen LogP contribution >= 0.6 is 0 Å². The lowest BCUT2D eigenvalue weighted by Gasteiger charge is -2.15. The molecule has 0 saturated heterocycles. The maximum Gasteiger partial charge on any atom is 0.105 e. The van der Waals surface area contributed by atoms with Gasteiger partial charge in [0.2, 0.25) is 0 Å². The predicted octanol–water partition coefficient (Wildman–Crippen LogP) is 2.57. The molecule has 14 heavy (non-hydrogen) atoms. The van der Waals surface area contributed by atoms with Gasteiger partial charge in [-0.1, -0.05) is 5.92 Å². The second-order valence-corrected chi connectivity index (χ2v) is 3.65. The highest BCUT2D eigenvalue weighted by Crippen LogP contribution is 2.21. The number of furan rings is 1. The molecule has 0 spiro atoms. The number of rotatable bonds is 3. The van der Waals surface area contributed by atoms with Crippen molar-refractivity contribution in [3.05, 3.63) is 23.2 Å². The Morgan fingerprint density at radius 3 is 2.50 bits per heavy atom. The van der Waals surface area contributed by atoms with E-state index in [9.17, 15) is 0 Å². The van der Waals surface area contributed by atoms with Gasteiger partial charge in [-0.2, -0.15) is 0 Å². The third-order valence-electron chi connectivity index (χ3n) is 2.30. The maximum absolute atomic E-state index is 5.46. The minimum atomic E-state index is 0.0830. The molecule has 2 atom stereocenters. The van der Waals surface area contributed by atoms with Gasteiger partial charge in [0.15, 0.2) is 0 Å². The quantitative estimate of drug-likeness (QED) is 0.743. The van der Waals surface area contributed by atoms with Crippen molar-refractivity contribution in [2.24, 2.45) is 0 Å². The van der Waals surface area contributed by atoms with E-state index in [0.717, 1.165) is 11.5 Å². The van der Waals surface area contributed by atoms with E-state index in [1.54, 1.807) is 0 Å². The number of terminal acetylenes is 1. The van der Waals surface area contributed by atoms with E-state index in [1.807, 2.05) is 20.8 Å². The number of nitrogens with one attached hydrogen (secondary N) is 1. The molecule has 1 heterocycles. The first-order valence-corrected chi connectivity index (χ1v) is 4.83. The van der Waals surface area contributed by atoms with Crippen molar-refractivity contribution >= 4 is 0 Å². The molecule has 0 aromatic carbocycles. The van der Waals surface area contributed by atoms with E-state index in [-0.39, 0.29) is 12.1 Å². The van der Waals surface area contributed by atoms with E-state index in [2.05, 4.69) is 24.2 Å². The number of aryl methyl sites for hydroxylation is 2. The van der Waals surface area contributed by atoms with Gasteiger partial charge < -0.3 is 4.42 Å². The van der Waals surface area contributed by atoms with Gasteiger partial charge in [-0.3, -0.25) is 5.32 Å². The Morgan fingerprint density at radius 2 is 2.07 bits per heavy atom. The fraction of sp³-hybridized carbons (Fsp3) is 0.500. The van der Waals surface area contributed by atoms with Gasteiger partial charge in [0.05, 0.1) is 6.04 Å². The highest BCUT2D eigenvalue weighted by atomic mass is 16.3. The zero-order valence-corrected chi connectivity index (χ0v) is 9.22. The Kier molecular flexibility index (Phi) is 3.38. The molecular formula is C12H17NO. The smallest absolute Gasteiger partial charge is 0.105 e. The molecule has 0 saturated carbocycles. The molecule has 1 rings (SSSR count). The van der Waals surface area contributed by atoms with Crippen LogP contribution in [0.15, 0.2) is 10.5 Å². The highest BCUT2D eigenvalue weighted by molar-refractivity contribution is 5.23. The van der Waals surface area contributed by atoms with Crippen LogP contribution in [-0.2, 0) is 0 Å². The summed E-state index contributed by atoms with van der Waals surface area (Å²) >= 11 is 0. The van der Waals surface area contributed by atoms with Crippen LogP contribution in [0.1, 0.15) is 37.0 Å². The van der Waals surface area contributed by atoms with Gasteiger partial charge in [-0.05, 0) is 33.8 Å². The molecule has 2 unspecified atom stereocenters. The van der Waals surface area contributed by atoms with Crippen LogP contribution < -0.4 is 5.32 Å². The molecule has 0 aliphatic carbocycles. The first kappa shape index (κ1) is 10.9. The van der Waals surface area contributed by atoms with Crippen molar-refractivity contribution in [2.75, 3.05) is 0 Å². The van der Waals surface area contributed by atoms with Gasteiger partial charge >= 0.3 is 0 Å². The molecule has 0 bridgehead atoms. The monoisotopic (exact) mass is 191 g/mol. The third-order valence-corrected chi connectivity index (χ3v) is 2.30. The molecule has 1 N–H and O–H groups in total. The van der Waals surface area contributed by atoms with Crippen LogP contribution in [0.2, 0.25) is 0 Å². The SMILES string of the molecule is C#CC(C)NC(C)c1cc(C)oc1C. The summed E-state index contributed by atoms with van der Waals surface area (Å²) in [5.74, 6) is 4.56. The molecule has 0 fully saturated rings. The van der Waals surface area contributed by atoms with E-state index in [1.165, 1.54) is 5.56 Å². The average Bonchev–Trinajstić information content (AvgIpc) is 2.45. The minimum absolute atomic E-state index is 0.0830. The van der Waals surface area contributed by atoms with Crippen LogP contribution in [0.4, 0.5) is 0 Å². The lowest BCUT2D eigenvalue weighted by Crippen LogP contribution is -2.27. The van der Waals surface area contributed by atoms with Gasteiger partial charge in [0.1, 0.15) is 11.5 Å². The van der Waals surface area contributed by atoms with E-state index < -0.39 is 0 Å². The lowest BCUT2D eigenvalue weighted by molar-refractivity contribution is 0.486. The summed E-state index contributed by atoms with van der Waals surface area (Å²) in [6.07, 6.45) is 5.31. The molecule has 1 aromatic heterocycles. The minimum Gasteiger partial charge on any atom is -0.466 e. The predicted molar refractivity (Wildman–Crippen MR) is 58.0 cm³/mol. The number of hydrogen-bond acceptors (Lipinski definition) is 2. The fourth-order valence-electron chi connectivity index (χ4n) is 1.59. The molecule has 2 nitrogen and oxygen atoms in total. The van der Waals surface area contributed by atoms with Gasteiger partial charge in [-0.25, -0.2) is 0 Å². The van der Waals surface area contributed by atoms with Crippen LogP contribution in [0.5, 0.6) is 0 Å². The van der Waals surface area contributed by atoms with Crippen molar-refractivity contribution in [2.45, 2.75) is 39.8 Å². The van der Waals surface area contributed by atoms with Crippen molar-refractivity contribution in [1.29, 1.82) is 0 Å². The topological polar surface area (TPSA) is 25.2 Å². The first-order chi connectivity index (χ1) is 6.54. The van der Waals surface area contributed by atoms with Crippen molar-refractivity contribution in [3.8, 4) is 12.3 Å². The summed E-state index contributed by atoms with van der Waals surface area (Å²) < 4.78 is 5.46. The lowest BCUT2D eigenvalue weighted by atomic mass is 10.1. The molecule has 0 aliphatic rings. The fourth-order valence-corrected chi connectivity index (χ4v) is 1.59. The Bertz CT molecular complexity index is 346. The van der Waals surface area contributed by atoms with Crippen molar-refractivity contribution < 1.29 is 4.42 Å².